The average Bonchev–Trinajstić information content (AvgIpc) is 3.26. The first-order chi connectivity index (χ1) is 12.5. The molecule has 134 valence electrons. The van der Waals surface area contributed by atoms with Crippen molar-refractivity contribution < 1.29 is 22.4 Å². The third-order valence-electron chi connectivity index (χ3n) is 4.59. The molecule has 7 heteroatoms. The van der Waals surface area contributed by atoms with Crippen molar-refractivity contribution in [1.29, 1.82) is 0 Å². The van der Waals surface area contributed by atoms with Crippen LogP contribution in [0.25, 0.3) is 17.0 Å². The van der Waals surface area contributed by atoms with E-state index < -0.39 is 11.9 Å². The number of aromatic nitrogens is 2. The molecule has 4 rings (SSSR count). The highest BCUT2D eigenvalue weighted by atomic mass is 19.4. The standard InChI is InChI=1S/C19H15F3N2O2/c20-19(21,22)18-15-3-1-2-4-16(15)24(23-18)13-7-5-12(6-8-13)17-10-9-14(11-25)26-17/h5-11H,1-4H2. The Hall–Kier alpha value is -2.83. The van der Waals surface area contributed by atoms with Gasteiger partial charge in [0.2, 0.25) is 0 Å². The minimum atomic E-state index is -4.45. The van der Waals surface area contributed by atoms with E-state index in [1.807, 2.05) is 0 Å². The minimum Gasteiger partial charge on any atom is -0.453 e. The van der Waals surface area contributed by atoms with Gasteiger partial charge in [-0.1, -0.05) is 0 Å². The van der Waals surface area contributed by atoms with E-state index in [1.165, 1.54) is 4.68 Å². The van der Waals surface area contributed by atoms with E-state index in [-0.39, 0.29) is 5.76 Å². The fourth-order valence-corrected chi connectivity index (χ4v) is 3.38. The number of nitrogens with zero attached hydrogens (tertiary/aromatic N) is 2. The molecule has 0 fully saturated rings. The second-order valence-electron chi connectivity index (χ2n) is 6.26. The van der Waals surface area contributed by atoms with Crippen LogP contribution in [0, 0.1) is 0 Å². The SMILES string of the molecule is O=Cc1ccc(-c2ccc(-n3nc(C(F)(F)F)c4c3CCCC4)cc2)o1. The van der Waals surface area contributed by atoms with Gasteiger partial charge in [-0.05, 0) is 62.1 Å². The fourth-order valence-electron chi connectivity index (χ4n) is 3.38. The highest BCUT2D eigenvalue weighted by Gasteiger charge is 2.39. The van der Waals surface area contributed by atoms with E-state index in [0.29, 0.717) is 41.8 Å². The molecule has 0 radical (unpaired) electrons. The van der Waals surface area contributed by atoms with Gasteiger partial charge in [-0.2, -0.15) is 18.3 Å². The molecule has 0 unspecified atom stereocenters. The van der Waals surface area contributed by atoms with Crippen LogP contribution in [0.4, 0.5) is 13.2 Å². The van der Waals surface area contributed by atoms with Crippen LogP contribution in [0.2, 0.25) is 0 Å². The van der Waals surface area contributed by atoms with E-state index in [9.17, 15) is 18.0 Å². The Morgan fingerprint density at radius 2 is 1.77 bits per heavy atom. The second-order valence-corrected chi connectivity index (χ2v) is 6.26. The van der Waals surface area contributed by atoms with Crippen molar-refractivity contribution in [3.05, 3.63) is 59.1 Å². The molecule has 2 aromatic heterocycles. The average molecular weight is 360 g/mol. The molecule has 0 aliphatic heterocycles. The highest BCUT2D eigenvalue weighted by Crippen LogP contribution is 2.37. The summed E-state index contributed by atoms with van der Waals surface area (Å²) in [4.78, 5) is 10.7. The van der Waals surface area contributed by atoms with E-state index >= 15 is 0 Å². The number of aldehydes is 1. The van der Waals surface area contributed by atoms with Crippen LogP contribution in [-0.2, 0) is 19.0 Å². The Morgan fingerprint density at radius 3 is 2.42 bits per heavy atom. The fraction of sp³-hybridized carbons (Fsp3) is 0.263. The lowest BCUT2D eigenvalue weighted by Gasteiger charge is -2.14. The summed E-state index contributed by atoms with van der Waals surface area (Å²) in [7, 11) is 0. The van der Waals surface area contributed by atoms with Crippen LogP contribution >= 0.6 is 0 Å². The predicted octanol–water partition coefficient (Wildman–Crippen LogP) is 4.84. The van der Waals surface area contributed by atoms with E-state index in [0.717, 1.165) is 18.4 Å². The molecule has 0 saturated heterocycles. The van der Waals surface area contributed by atoms with E-state index in [4.69, 9.17) is 4.42 Å². The number of benzene rings is 1. The zero-order chi connectivity index (χ0) is 18.3. The van der Waals surface area contributed by atoms with Gasteiger partial charge in [0.05, 0.1) is 5.69 Å². The molecule has 1 aliphatic rings. The van der Waals surface area contributed by atoms with E-state index in [1.54, 1.807) is 36.4 Å². The summed E-state index contributed by atoms with van der Waals surface area (Å²) in [6, 6.07) is 10.1. The summed E-state index contributed by atoms with van der Waals surface area (Å²) in [5, 5.41) is 3.88. The number of carbonyl (C=O) groups is 1. The monoisotopic (exact) mass is 360 g/mol. The maximum atomic E-state index is 13.3. The van der Waals surface area contributed by atoms with E-state index in [2.05, 4.69) is 5.10 Å². The molecule has 1 aliphatic carbocycles. The molecule has 0 bridgehead atoms. The Labute approximate surface area is 147 Å². The molecule has 0 atom stereocenters. The smallest absolute Gasteiger partial charge is 0.435 e. The van der Waals surface area contributed by atoms with Crippen LogP contribution in [0.5, 0.6) is 0 Å². The molecule has 0 N–H and O–H groups in total. The maximum absolute atomic E-state index is 13.3. The summed E-state index contributed by atoms with van der Waals surface area (Å²) in [6.07, 6.45) is -1.24. The van der Waals surface area contributed by atoms with Crippen molar-refractivity contribution in [2.75, 3.05) is 0 Å². The van der Waals surface area contributed by atoms with Gasteiger partial charge in [0.15, 0.2) is 17.7 Å². The zero-order valence-corrected chi connectivity index (χ0v) is 13.7. The second kappa shape index (κ2) is 6.16. The lowest BCUT2D eigenvalue weighted by molar-refractivity contribution is -0.142. The molecule has 26 heavy (non-hydrogen) atoms. The molecule has 0 spiro atoms. The van der Waals surface area contributed by atoms with Crippen LogP contribution < -0.4 is 0 Å². The molecular weight excluding hydrogens is 345 g/mol. The van der Waals surface area contributed by atoms with Crippen LogP contribution in [-0.4, -0.2) is 16.1 Å². The molecular formula is C19H15F3N2O2. The number of fused-ring (bicyclic) bond motifs is 1. The van der Waals surface area contributed by atoms with Gasteiger partial charge in [-0.25, -0.2) is 4.68 Å². The molecule has 0 saturated carbocycles. The predicted molar refractivity (Wildman–Crippen MR) is 88.3 cm³/mol. The summed E-state index contributed by atoms with van der Waals surface area (Å²) < 4.78 is 46.7. The summed E-state index contributed by atoms with van der Waals surface area (Å²) in [5.74, 6) is 0.747. The summed E-state index contributed by atoms with van der Waals surface area (Å²) in [6.45, 7) is 0. The third kappa shape index (κ3) is 2.83. The number of alkyl halides is 3. The van der Waals surface area contributed by atoms with Gasteiger partial charge in [0, 0.05) is 16.8 Å². The Balaban J connectivity index is 1.74. The number of hydrogen-bond donors (Lipinski definition) is 0. The molecule has 1 aromatic carbocycles. The number of rotatable bonds is 3. The lowest BCUT2D eigenvalue weighted by atomic mass is 9.95. The van der Waals surface area contributed by atoms with Crippen molar-refractivity contribution >= 4 is 6.29 Å². The summed E-state index contributed by atoms with van der Waals surface area (Å²) >= 11 is 0. The summed E-state index contributed by atoms with van der Waals surface area (Å²) in [5.41, 5.74) is 1.48. The van der Waals surface area contributed by atoms with Gasteiger partial charge in [-0.15, -0.1) is 0 Å². The highest BCUT2D eigenvalue weighted by molar-refractivity contribution is 5.73. The zero-order valence-electron chi connectivity index (χ0n) is 13.7. The van der Waals surface area contributed by atoms with Crippen molar-refractivity contribution in [2.45, 2.75) is 31.9 Å². The van der Waals surface area contributed by atoms with Crippen LogP contribution in [0.1, 0.15) is 40.3 Å². The molecule has 2 heterocycles. The first-order valence-electron chi connectivity index (χ1n) is 8.31. The Morgan fingerprint density at radius 1 is 1.04 bits per heavy atom. The number of halogens is 3. The van der Waals surface area contributed by atoms with Gasteiger partial charge < -0.3 is 4.42 Å². The van der Waals surface area contributed by atoms with Crippen molar-refractivity contribution in [3.63, 3.8) is 0 Å². The van der Waals surface area contributed by atoms with Gasteiger partial charge in [0.1, 0.15) is 5.76 Å². The van der Waals surface area contributed by atoms with Gasteiger partial charge >= 0.3 is 6.18 Å². The number of furan rings is 1. The number of hydrogen-bond acceptors (Lipinski definition) is 3. The number of carbonyl (C=O) groups excluding carboxylic acids is 1. The van der Waals surface area contributed by atoms with Crippen molar-refractivity contribution in [3.8, 4) is 17.0 Å². The minimum absolute atomic E-state index is 0.222. The quantitative estimate of drug-likeness (QED) is 0.628. The van der Waals surface area contributed by atoms with Crippen molar-refractivity contribution in [2.24, 2.45) is 0 Å². The van der Waals surface area contributed by atoms with Gasteiger partial charge in [0.25, 0.3) is 0 Å². The largest absolute Gasteiger partial charge is 0.453 e. The first kappa shape index (κ1) is 16.6. The third-order valence-corrected chi connectivity index (χ3v) is 4.59. The first-order valence-corrected chi connectivity index (χ1v) is 8.31. The normalized spacial score (nSPS) is 14.3. The molecule has 3 aromatic rings. The van der Waals surface area contributed by atoms with Crippen LogP contribution in [0.15, 0.2) is 40.8 Å². The Bertz CT molecular complexity index is 952. The maximum Gasteiger partial charge on any atom is 0.435 e. The Kier molecular flexibility index (Phi) is 3.94. The molecule has 0 amide bonds. The van der Waals surface area contributed by atoms with Crippen molar-refractivity contribution in [1.82, 2.24) is 9.78 Å². The van der Waals surface area contributed by atoms with Crippen LogP contribution in [0.3, 0.4) is 0 Å². The topological polar surface area (TPSA) is 48.0 Å². The molecule has 4 nitrogen and oxygen atoms in total. The van der Waals surface area contributed by atoms with Gasteiger partial charge in [-0.3, -0.25) is 4.79 Å². The lowest BCUT2D eigenvalue weighted by Crippen LogP contribution is -2.11.